The van der Waals surface area contributed by atoms with Crippen LogP contribution in [0.25, 0.3) is 55.0 Å². The molecule has 2 heterocycles. The van der Waals surface area contributed by atoms with Crippen molar-refractivity contribution in [1.29, 1.82) is 0 Å². The number of fused-ring (bicyclic) bond motifs is 6. The minimum absolute atomic E-state index is 0.103. The number of aliphatic hydroxyl groups is 1. The zero-order valence-electron chi connectivity index (χ0n) is 27.4. The Labute approximate surface area is 289 Å². The lowest BCUT2D eigenvalue weighted by molar-refractivity contribution is 0.271. The molecule has 0 aliphatic rings. The molecule has 0 bridgehead atoms. The maximum Gasteiger partial charge on any atom is 0.123 e. The molecule has 0 saturated carbocycles. The van der Waals surface area contributed by atoms with Gasteiger partial charge in [0.05, 0.1) is 28.7 Å². The Morgan fingerprint density at radius 1 is 0.380 bits per heavy atom. The first-order chi connectivity index (χ1) is 24.7. The molecule has 7 aromatic carbocycles. The van der Waals surface area contributed by atoms with Crippen LogP contribution in [0.2, 0.25) is 0 Å². The Hall–Kier alpha value is -6.30. The highest BCUT2D eigenvalue weighted by molar-refractivity contribution is 6.10. The van der Waals surface area contributed by atoms with E-state index in [0.29, 0.717) is 24.7 Å². The molecule has 0 radical (unpaired) electrons. The summed E-state index contributed by atoms with van der Waals surface area (Å²) in [6, 6.07) is 56.7. The van der Waals surface area contributed by atoms with E-state index >= 15 is 0 Å². The van der Waals surface area contributed by atoms with Gasteiger partial charge in [0.15, 0.2) is 0 Å². The summed E-state index contributed by atoms with van der Waals surface area (Å²) in [5.41, 5.74) is 9.79. The normalized spacial score (nSPS) is 11.5. The molecule has 0 amide bonds. The third-order valence-corrected chi connectivity index (χ3v) is 9.48. The Morgan fingerprint density at radius 3 is 1.06 bits per heavy atom. The van der Waals surface area contributed by atoms with Gasteiger partial charge >= 0.3 is 0 Å². The third kappa shape index (κ3) is 5.34. The minimum atomic E-state index is -0.103. The quantitative estimate of drug-likeness (QED) is 0.169. The summed E-state index contributed by atoms with van der Waals surface area (Å²) in [5.74, 6) is 1.31. The van der Waals surface area contributed by atoms with Gasteiger partial charge in [0.1, 0.15) is 24.7 Å². The molecule has 50 heavy (non-hydrogen) atoms. The Kier molecular flexibility index (Phi) is 7.52. The molecule has 9 aromatic rings. The second kappa shape index (κ2) is 12.6. The van der Waals surface area contributed by atoms with Crippen LogP contribution in [0.3, 0.4) is 0 Å². The number of aromatic nitrogens is 2. The number of aliphatic hydroxyl groups excluding tert-OH is 1. The van der Waals surface area contributed by atoms with Crippen molar-refractivity contribution in [2.45, 2.75) is 19.8 Å². The van der Waals surface area contributed by atoms with Crippen LogP contribution in [-0.2, 0) is 19.8 Å². The predicted octanol–water partition coefficient (Wildman–Crippen LogP) is 10.5. The second-order valence-corrected chi connectivity index (χ2v) is 12.6. The minimum Gasteiger partial charge on any atom is -0.489 e. The van der Waals surface area contributed by atoms with E-state index in [4.69, 9.17) is 9.47 Å². The van der Waals surface area contributed by atoms with E-state index in [1.165, 1.54) is 43.6 Å². The van der Waals surface area contributed by atoms with Crippen molar-refractivity contribution in [3.8, 4) is 22.9 Å². The molecule has 9 rings (SSSR count). The van der Waals surface area contributed by atoms with Crippen molar-refractivity contribution in [3.63, 3.8) is 0 Å². The first-order valence-corrected chi connectivity index (χ1v) is 16.9. The van der Waals surface area contributed by atoms with Crippen molar-refractivity contribution in [1.82, 2.24) is 9.13 Å². The lowest BCUT2D eigenvalue weighted by Crippen LogP contribution is -2.00. The van der Waals surface area contributed by atoms with E-state index in [2.05, 4.69) is 155 Å². The summed E-state index contributed by atoms with van der Waals surface area (Å²) < 4.78 is 17.1. The van der Waals surface area contributed by atoms with Crippen LogP contribution < -0.4 is 9.47 Å². The van der Waals surface area contributed by atoms with Gasteiger partial charge in [-0.05, 0) is 77.4 Å². The molecular formula is C45H34N2O3. The van der Waals surface area contributed by atoms with E-state index < -0.39 is 0 Å². The summed E-state index contributed by atoms with van der Waals surface area (Å²) in [4.78, 5) is 0. The predicted molar refractivity (Wildman–Crippen MR) is 203 cm³/mol. The van der Waals surface area contributed by atoms with Gasteiger partial charge in [-0.2, -0.15) is 0 Å². The van der Waals surface area contributed by atoms with E-state index in [-0.39, 0.29) is 6.61 Å². The van der Waals surface area contributed by atoms with Gasteiger partial charge in [-0.15, -0.1) is 0 Å². The van der Waals surface area contributed by atoms with Crippen LogP contribution in [0.5, 0.6) is 11.5 Å². The molecule has 5 nitrogen and oxygen atoms in total. The highest BCUT2D eigenvalue weighted by Crippen LogP contribution is 2.33. The Bertz CT molecular complexity index is 2350. The Morgan fingerprint density at radius 2 is 0.720 bits per heavy atom. The smallest absolute Gasteiger partial charge is 0.123 e. The van der Waals surface area contributed by atoms with Gasteiger partial charge in [-0.1, -0.05) is 97.1 Å². The van der Waals surface area contributed by atoms with Crippen molar-refractivity contribution >= 4 is 43.6 Å². The number of hydrogen-bond acceptors (Lipinski definition) is 3. The lowest BCUT2D eigenvalue weighted by atomic mass is 10.2. The van der Waals surface area contributed by atoms with E-state index in [0.717, 1.165) is 28.1 Å². The third-order valence-electron chi connectivity index (χ3n) is 9.48. The number of hydrogen-bond donors (Lipinski definition) is 1. The topological polar surface area (TPSA) is 48.6 Å². The average Bonchev–Trinajstić information content (AvgIpc) is 3.70. The number of rotatable bonds is 9. The van der Waals surface area contributed by atoms with Crippen molar-refractivity contribution < 1.29 is 14.6 Å². The van der Waals surface area contributed by atoms with Crippen LogP contribution in [0.4, 0.5) is 0 Å². The Balaban J connectivity index is 0.901. The molecule has 1 N–H and O–H groups in total. The average molecular weight is 651 g/mol. The van der Waals surface area contributed by atoms with E-state index in [1.54, 1.807) is 0 Å². The molecule has 0 spiro atoms. The van der Waals surface area contributed by atoms with Crippen LogP contribution in [0, 0.1) is 0 Å². The van der Waals surface area contributed by atoms with Gasteiger partial charge in [0.2, 0.25) is 0 Å². The molecule has 0 aliphatic heterocycles. The fourth-order valence-corrected chi connectivity index (χ4v) is 7.11. The monoisotopic (exact) mass is 650 g/mol. The molecule has 0 fully saturated rings. The standard InChI is InChI=1S/C45H34N2O3/c48-28-33-25-36(49-29-31-17-21-34(22-18-31)46-42-13-5-1-9-38(42)39-10-2-6-14-43(39)46)27-37(26-33)50-30-32-19-23-35(24-20-32)47-44-15-7-3-11-40(44)41-12-4-8-16-45(41)47/h1-27,48H,28-30H2. The maximum absolute atomic E-state index is 9.98. The maximum atomic E-state index is 9.98. The molecule has 0 atom stereocenters. The van der Waals surface area contributed by atoms with Gasteiger partial charge < -0.3 is 23.7 Å². The lowest BCUT2D eigenvalue weighted by Gasteiger charge is -2.13. The fraction of sp³-hybridized carbons (Fsp3) is 0.0667. The largest absolute Gasteiger partial charge is 0.489 e. The highest BCUT2D eigenvalue weighted by atomic mass is 16.5. The van der Waals surface area contributed by atoms with Crippen molar-refractivity contribution in [2.75, 3.05) is 0 Å². The van der Waals surface area contributed by atoms with Crippen molar-refractivity contribution in [3.05, 3.63) is 180 Å². The molecule has 0 aliphatic carbocycles. The zero-order chi connectivity index (χ0) is 33.4. The summed E-state index contributed by atoms with van der Waals surface area (Å²) in [5, 5.41) is 15.0. The summed E-state index contributed by atoms with van der Waals surface area (Å²) >= 11 is 0. The summed E-state index contributed by atoms with van der Waals surface area (Å²) in [6.45, 7) is 0.687. The number of ether oxygens (including phenoxy) is 2. The first kappa shape index (κ1) is 29.8. The van der Waals surface area contributed by atoms with Crippen LogP contribution in [0.15, 0.2) is 164 Å². The van der Waals surface area contributed by atoms with Crippen LogP contribution in [0.1, 0.15) is 16.7 Å². The van der Waals surface area contributed by atoms with E-state index in [9.17, 15) is 5.11 Å². The molecule has 5 heteroatoms. The number of para-hydroxylation sites is 4. The van der Waals surface area contributed by atoms with Gasteiger partial charge in [-0.3, -0.25) is 0 Å². The van der Waals surface area contributed by atoms with Crippen LogP contribution >= 0.6 is 0 Å². The van der Waals surface area contributed by atoms with Gasteiger partial charge in [-0.25, -0.2) is 0 Å². The zero-order valence-corrected chi connectivity index (χ0v) is 27.4. The molecule has 2 aromatic heterocycles. The van der Waals surface area contributed by atoms with Gasteiger partial charge in [0, 0.05) is 39.0 Å². The number of nitrogens with zero attached hydrogens (tertiary/aromatic N) is 2. The molecular weight excluding hydrogens is 617 g/mol. The SMILES string of the molecule is OCc1cc(OCc2ccc(-n3c4ccccc4c4ccccc43)cc2)cc(OCc2ccc(-n3c4ccccc4c4ccccc43)cc2)c1. The first-order valence-electron chi connectivity index (χ1n) is 16.9. The molecule has 0 unspecified atom stereocenters. The van der Waals surface area contributed by atoms with Gasteiger partial charge in [0.25, 0.3) is 0 Å². The summed E-state index contributed by atoms with van der Waals surface area (Å²) in [7, 11) is 0. The fourth-order valence-electron chi connectivity index (χ4n) is 7.11. The number of benzene rings is 7. The van der Waals surface area contributed by atoms with Crippen molar-refractivity contribution in [2.24, 2.45) is 0 Å². The van der Waals surface area contributed by atoms with E-state index in [1.807, 2.05) is 18.2 Å². The highest BCUT2D eigenvalue weighted by Gasteiger charge is 2.13. The molecule has 0 saturated heterocycles. The molecule has 242 valence electrons. The van der Waals surface area contributed by atoms with Crippen LogP contribution in [-0.4, -0.2) is 14.2 Å². The second-order valence-electron chi connectivity index (χ2n) is 12.6. The summed E-state index contributed by atoms with van der Waals surface area (Å²) in [6.07, 6.45) is 0.